The molecule has 1 aliphatic rings. The molecule has 51 heavy (non-hydrogen) atoms. The Morgan fingerprint density at radius 3 is 1.33 bits per heavy atom. The molecule has 0 aliphatic carbocycles. The average Bonchev–Trinajstić information content (AvgIpc) is 3.64. The maximum atomic E-state index is 12.2. The second-order valence-electron chi connectivity index (χ2n) is 15.6. The molecule has 296 valence electrons. The zero-order chi connectivity index (χ0) is 36.8. The van der Waals surface area contributed by atoms with Crippen LogP contribution in [0.2, 0.25) is 0 Å². The van der Waals surface area contributed by atoms with Gasteiger partial charge in [-0.15, -0.1) is 0 Å². The highest BCUT2D eigenvalue weighted by Crippen LogP contribution is 2.29. The van der Waals surface area contributed by atoms with Crippen molar-refractivity contribution in [3.05, 3.63) is 48.6 Å². The van der Waals surface area contributed by atoms with Crippen LogP contribution in [0.15, 0.2) is 48.6 Å². The van der Waals surface area contributed by atoms with Gasteiger partial charge in [-0.25, -0.2) is 0 Å². The maximum absolute atomic E-state index is 12.2. The highest BCUT2D eigenvalue weighted by molar-refractivity contribution is 5.71. The van der Waals surface area contributed by atoms with Crippen molar-refractivity contribution < 1.29 is 14.6 Å². The Hall–Kier alpha value is -1.65. The second-order valence-corrected chi connectivity index (χ2v) is 15.6. The first-order chi connectivity index (χ1) is 25.1. The monoisotopic (exact) mass is 712 g/mol. The fourth-order valence-electron chi connectivity index (χ4n) is 7.17. The topological polar surface area (TPSA) is 49.8 Å². The zero-order valence-electron chi connectivity index (χ0n) is 34.1. The lowest BCUT2D eigenvalue weighted by molar-refractivity contribution is -0.144. The van der Waals surface area contributed by atoms with Crippen molar-refractivity contribution >= 4 is 5.97 Å². The van der Waals surface area contributed by atoms with E-state index in [1.807, 2.05) is 0 Å². The van der Waals surface area contributed by atoms with Crippen LogP contribution in [0.25, 0.3) is 0 Å². The minimum atomic E-state index is -0.565. The van der Waals surface area contributed by atoms with E-state index in [0.717, 1.165) is 70.9 Å². The molecular weight excluding hydrogens is 627 g/mol. The first-order valence-electron chi connectivity index (χ1n) is 22.3. The van der Waals surface area contributed by atoms with E-state index in [4.69, 9.17) is 4.74 Å². The molecule has 4 heteroatoms. The van der Waals surface area contributed by atoms with Crippen LogP contribution in [0.3, 0.4) is 0 Å². The van der Waals surface area contributed by atoms with Gasteiger partial charge in [-0.1, -0.05) is 152 Å². The Balaban J connectivity index is 2.22. The molecule has 0 spiro atoms. The van der Waals surface area contributed by atoms with Gasteiger partial charge in [-0.2, -0.15) is 0 Å². The van der Waals surface area contributed by atoms with Crippen molar-refractivity contribution in [2.45, 2.75) is 218 Å². The average molecular weight is 712 g/mol. The van der Waals surface area contributed by atoms with Gasteiger partial charge in [0.2, 0.25) is 0 Å². The van der Waals surface area contributed by atoms with Gasteiger partial charge in [0.25, 0.3) is 0 Å². The third kappa shape index (κ3) is 32.7. The van der Waals surface area contributed by atoms with Gasteiger partial charge in [0.15, 0.2) is 0 Å². The predicted molar refractivity (Wildman–Crippen MR) is 223 cm³/mol. The normalized spacial score (nSPS) is 15.4. The summed E-state index contributed by atoms with van der Waals surface area (Å²) in [6.45, 7) is 7.48. The van der Waals surface area contributed by atoms with Crippen molar-refractivity contribution in [1.82, 2.24) is 4.90 Å². The summed E-state index contributed by atoms with van der Waals surface area (Å²) in [6.07, 6.45) is 55.5. The number of rotatable bonds is 37. The minimum absolute atomic E-state index is 0.0881. The summed E-state index contributed by atoms with van der Waals surface area (Å²) in [5.74, 6) is -0.0881. The summed E-state index contributed by atoms with van der Waals surface area (Å²) in [5, 5.41) is 11.7. The van der Waals surface area contributed by atoms with Crippen LogP contribution in [-0.2, 0) is 9.53 Å². The second kappa shape index (κ2) is 36.7. The van der Waals surface area contributed by atoms with Crippen LogP contribution in [0, 0.1) is 0 Å². The number of likely N-dealkylation sites (tertiary alicyclic amines) is 1. The van der Waals surface area contributed by atoms with E-state index in [9.17, 15) is 9.90 Å². The first kappa shape index (κ1) is 47.4. The van der Waals surface area contributed by atoms with Crippen molar-refractivity contribution in [2.24, 2.45) is 0 Å². The zero-order valence-corrected chi connectivity index (χ0v) is 34.1. The molecule has 0 aromatic rings. The SMILES string of the molecule is CCCCCC=CCC=CCCCCCCCCC(O)(CCCCCCCC/C=C\C/C=C\CCCCC)CCCCOC(=O)CN1CCCC1. The molecule has 1 saturated heterocycles. The first-order valence-corrected chi connectivity index (χ1v) is 22.3. The Labute approximate surface area is 318 Å². The molecule has 0 aromatic carbocycles. The Morgan fingerprint density at radius 1 is 0.529 bits per heavy atom. The van der Waals surface area contributed by atoms with Gasteiger partial charge >= 0.3 is 5.97 Å². The van der Waals surface area contributed by atoms with Crippen LogP contribution < -0.4 is 0 Å². The van der Waals surface area contributed by atoms with Crippen LogP contribution in [0.4, 0.5) is 0 Å². The minimum Gasteiger partial charge on any atom is -0.465 e. The summed E-state index contributed by atoms with van der Waals surface area (Å²) in [7, 11) is 0. The molecule has 0 radical (unpaired) electrons. The summed E-state index contributed by atoms with van der Waals surface area (Å²) >= 11 is 0. The lowest BCUT2D eigenvalue weighted by Crippen LogP contribution is -2.29. The molecule has 0 amide bonds. The van der Waals surface area contributed by atoms with E-state index in [2.05, 4.69) is 67.4 Å². The summed E-state index contributed by atoms with van der Waals surface area (Å²) in [6, 6.07) is 0. The van der Waals surface area contributed by atoms with Crippen LogP contribution in [0.5, 0.6) is 0 Å². The maximum Gasteiger partial charge on any atom is 0.320 e. The molecule has 1 heterocycles. The number of hydrogen-bond donors (Lipinski definition) is 1. The highest BCUT2D eigenvalue weighted by Gasteiger charge is 2.25. The number of carbonyl (C=O) groups is 1. The van der Waals surface area contributed by atoms with E-state index in [1.54, 1.807) is 0 Å². The smallest absolute Gasteiger partial charge is 0.320 e. The van der Waals surface area contributed by atoms with E-state index < -0.39 is 5.60 Å². The molecule has 1 N–H and O–H groups in total. The number of unbranched alkanes of at least 4 members (excludes halogenated alkanes) is 19. The summed E-state index contributed by atoms with van der Waals surface area (Å²) in [4.78, 5) is 14.4. The Bertz CT molecular complexity index is 821. The van der Waals surface area contributed by atoms with E-state index in [-0.39, 0.29) is 5.97 Å². The number of allylic oxidation sites excluding steroid dienone is 8. The van der Waals surface area contributed by atoms with Crippen molar-refractivity contribution in [1.29, 1.82) is 0 Å². The number of nitrogens with zero attached hydrogens (tertiary/aromatic N) is 1. The molecule has 0 saturated carbocycles. The third-order valence-corrected chi connectivity index (χ3v) is 10.5. The van der Waals surface area contributed by atoms with Gasteiger partial charge in [0.1, 0.15) is 0 Å². The molecule has 1 aliphatic heterocycles. The lowest BCUT2D eigenvalue weighted by atomic mass is 9.85. The molecule has 4 nitrogen and oxygen atoms in total. The Morgan fingerprint density at radius 2 is 0.902 bits per heavy atom. The molecule has 1 unspecified atom stereocenters. The molecular formula is C47H85NO3. The number of carbonyl (C=O) groups excluding carboxylic acids is 1. The van der Waals surface area contributed by atoms with E-state index in [1.165, 1.54) is 141 Å². The number of aliphatic hydroxyl groups is 1. The van der Waals surface area contributed by atoms with Gasteiger partial charge in [-0.3, -0.25) is 9.69 Å². The summed E-state index contributed by atoms with van der Waals surface area (Å²) in [5.41, 5.74) is -0.565. The molecule has 1 fully saturated rings. The van der Waals surface area contributed by atoms with Gasteiger partial charge in [0.05, 0.1) is 18.8 Å². The number of ether oxygens (including phenoxy) is 1. The number of esters is 1. The molecule has 1 atom stereocenters. The quantitative estimate of drug-likeness (QED) is 0.0396. The predicted octanol–water partition coefficient (Wildman–Crippen LogP) is 13.9. The van der Waals surface area contributed by atoms with Crippen LogP contribution in [0.1, 0.15) is 213 Å². The number of hydrogen-bond acceptors (Lipinski definition) is 4. The van der Waals surface area contributed by atoms with E-state index in [0.29, 0.717) is 13.2 Å². The highest BCUT2D eigenvalue weighted by atomic mass is 16.5. The molecule has 0 aromatic heterocycles. The molecule has 1 rings (SSSR count). The standard InChI is InChI=1S/C47H85NO3/c1-3-5-7-9-11-13-15-17-19-21-23-25-27-29-31-33-39-47(50,41-35-38-44-51-46(49)45-48-42-36-37-43-48)40-34-32-30-28-26-24-22-20-18-16-14-12-10-8-6-4-2/h11-14,17-20,50H,3-10,15-16,21-45H2,1-2H3/b13-11-,14-12?,19-17-,20-18?. The fourth-order valence-corrected chi connectivity index (χ4v) is 7.17. The van der Waals surface area contributed by atoms with Crippen molar-refractivity contribution in [3.63, 3.8) is 0 Å². The van der Waals surface area contributed by atoms with Crippen LogP contribution >= 0.6 is 0 Å². The Kier molecular flexibility index (Phi) is 34.1. The largest absolute Gasteiger partial charge is 0.465 e. The lowest BCUT2D eigenvalue weighted by Gasteiger charge is -2.29. The van der Waals surface area contributed by atoms with Gasteiger partial charge < -0.3 is 9.84 Å². The van der Waals surface area contributed by atoms with Crippen molar-refractivity contribution in [2.75, 3.05) is 26.2 Å². The van der Waals surface area contributed by atoms with Crippen LogP contribution in [-0.4, -0.2) is 47.8 Å². The van der Waals surface area contributed by atoms with Gasteiger partial charge in [0, 0.05) is 0 Å². The fraction of sp³-hybridized carbons (Fsp3) is 0.809. The summed E-state index contributed by atoms with van der Waals surface area (Å²) < 4.78 is 5.53. The van der Waals surface area contributed by atoms with Crippen molar-refractivity contribution in [3.8, 4) is 0 Å². The van der Waals surface area contributed by atoms with Gasteiger partial charge in [-0.05, 0) is 122 Å². The third-order valence-electron chi connectivity index (χ3n) is 10.5. The van der Waals surface area contributed by atoms with E-state index >= 15 is 0 Å². The molecule has 0 bridgehead atoms.